The molecule has 1 aliphatic heterocycles. The van der Waals surface area contributed by atoms with Crippen LogP contribution < -0.4 is 5.32 Å². The van der Waals surface area contributed by atoms with Gasteiger partial charge in [0.2, 0.25) is 5.91 Å². The maximum Gasteiger partial charge on any atom is 0.237 e. The molecule has 1 saturated heterocycles. The molecule has 2 aromatic carbocycles. The van der Waals surface area contributed by atoms with Crippen molar-refractivity contribution < 1.29 is 13.7 Å². The number of rotatable bonds is 6. The molecule has 1 fully saturated rings. The van der Waals surface area contributed by atoms with Crippen LogP contribution in [0.2, 0.25) is 0 Å². The van der Waals surface area contributed by atoms with Crippen LogP contribution >= 0.6 is 0 Å². The minimum Gasteiger partial charge on any atom is -0.356 e. The van der Waals surface area contributed by atoms with E-state index in [1.807, 2.05) is 36.4 Å². The quantitative estimate of drug-likeness (QED) is 0.599. The molecule has 0 saturated carbocycles. The zero-order valence-corrected chi connectivity index (χ0v) is 18.1. The van der Waals surface area contributed by atoms with E-state index in [-0.39, 0.29) is 29.8 Å². The third-order valence-electron chi connectivity index (χ3n) is 5.89. The van der Waals surface area contributed by atoms with E-state index in [1.165, 1.54) is 12.1 Å². The topological polar surface area (TPSA) is 58.4 Å². The summed E-state index contributed by atoms with van der Waals surface area (Å²) >= 11 is 0. The SMILES string of the molecule is CC(C)C[C@H]1C(=O)N[C@@H](c2ccccc2)CN1C(C)c1cc(-c2ccc(F)cc2)on1. The Hall–Kier alpha value is -2.99. The number of nitrogens with zero attached hydrogens (tertiary/aromatic N) is 2. The van der Waals surface area contributed by atoms with Gasteiger partial charge in [0.1, 0.15) is 11.5 Å². The number of halogens is 1. The standard InChI is InChI=1S/C25H28FN3O2/c1-16(2)13-23-25(30)27-22(18-7-5-4-6-8-18)15-29(23)17(3)21-14-24(31-28-21)19-9-11-20(26)12-10-19/h4-12,14,16-17,22-23H,13,15H2,1-3H3,(H,27,30)/t17?,22-,23+/m1/s1. The second kappa shape index (κ2) is 9.02. The molecule has 5 nitrogen and oxygen atoms in total. The molecule has 0 radical (unpaired) electrons. The minimum absolute atomic E-state index is 0.0444. The highest BCUT2D eigenvalue weighted by Gasteiger charge is 2.38. The summed E-state index contributed by atoms with van der Waals surface area (Å²) in [5.41, 5.74) is 2.61. The first kappa shape index (κ1) is 21.2. The van der Waals surface area contributed by atoms with E-state index in [9.17, 15) is 9.18 Å². The van der Waals surface area contributed by atoms with E-state index in [4.69, 9.17) is 4.52 Å². The van der Waals surface area contributed by atoms with Gasteiger partial charge in [0.15, 0.2) is 5.76 Å². The number of piperazine rings is 1. The molecule has 2 heterocycles. The number of hydrogen-bond donors (Lipinski definition) is 1. The Labute approximate surface area is 182 Å². The lowest BCUT2D eigenvalue weighted by atomic mass is 9.93. The van der Waals surface area contributed by atoms with Gasteiger partial charge >= 0.3 is 0 Å². The highest BCUT2D eigenvalue weighted by molar-refractivity contribution is 5.83. The number of benzene rings is 2. The van der Waals surface area contributed by atoms with Gasteiger partial charge in [-0.2, -0.15) is 0 Å². The Morgan fingerprint density at radius 3 is 2.52 bits per heavy atom. The summed E-state index contributed by atoms with van der Waals surface area (Å²) in [6.07, 6.45) is 0.764. The van der Waals surface area contributed by atoms with Crippen LogP contribution in [0.4, 0.5) is 4.39 Å². The van der Waals surface area contributed by atoms with Crippen molar-refractivity contribution in [3.63, 3.8) is 0 Å². The lowest BCUT2D eigenvalue weighted by Crippen LogP contribution is -2.57. The Bertz CT molecular complexity index is 1020. The molecule has 3 atom stereocenters. The Kier molecular flexibility index (Phi) is 6.18. The predicted molar refractivity (Wildman–Crippen MR) is 118 cm³/mol. The Morgan fingerprint density at radius 2 is 1.84 bits per heavy atom. The molecule has 3 aromatic rings. The van der Waals surface area contributed by atoms with Crippen LogP contribution in [0.5, 0.6) is 0 Å². The molecule has 1 unspecified atom stereocenters. The molecule has 162 valence electrons. The van der Waals surface area contributed by atoms with Crippen molar-refractivity contribution in [1.82, 2.24) is 15.4 Å². The van der Waals surface area contributed by atoms with Crippen LogP contribution in [0, 0.1) is 11.7 Å². The summed E-state index contributed by atoms with van der Waals surface area (Å²) < 4.78 is 18.8. The van der Waals surface area contributed by atoms with Crippen molar-refractivity contribution in [3.8, 4) is 11.3 Å². The van der Waals surface area contributed by atoms with Gasteiger partial charge < -0.3 is 9.84 Å². The Morgan fingerprint density at radius 1 is 1.13 bits per heavy atom. The van der Waals surface area contributed by atoms with Gasteiger partial charge in [-0.1, -0.05) is 49.3 Å². The molecule has 1 N–H and O–H groups in total. The normalized spacial score (nSPS) is 20.6. The van der Waals surface area contributed by atoms with Crippen molar-refractivity contribution in [2.45, 2.75) is 45.3 Å². The van der Waals surface area contributed by atoms with Gasteiger partial charge in [0, 0.05) is 18.2 Å². The third kappa shape index (κ3) is 4.69. The summed E-state index contributed by atoms with van der Waals surface area (Å²) in [4.78, 5) is 15.3. The van der Waals surface area contributed by atoms with Gasteiger partial charge in [-0.3, -0.25) is 9.69 Å². The molecule has 0 spiro atoms. The maximum atomic E-state index is 13.2. The van der Waals surface area contributed by atoms with Crippen LogP contribution in [0.25, 0.3) is 11.3 Å². The van der Waals surface area contributed by atoms with E-state index in [0.717, 1.165) is 23.2 Å². The zero-order chi connectivity index (χ0) is 22.0. The van der Waals surface area contributed by atoms with Crippen LogP contribution in [0.3, 0.4) is 0 Å². The first-order chi connectivity index (χ1) is 14.9. The lowest BCUT2D eigenvalue weighted by Gasteiger charge is -2.42. The zero-order valence-electron chi connectivity index (χ0n) is 18.1. The number of carbonyl (C=O) groups is 1. The molecule has 1 aromatic heterocycles. The molecule has 0 aliphatic carbocycles. The second-order valence-corrected chi connectivity index (χ2v) is 8.61. The van der Waals surface area contributed by atoms with Gasteiger partial charge in [-0.25, -0.2) is 4.39 Å². The van der Waals surface area contributed by atoms with Crippen LogP contribution in [0.15, 0.2) is 65.2 Å². The monoisotopic (exact) mass is 421 g/mol. The molecule has 0 bridgehead atoms. The summed E-state index contributed by atoms with van der Waals surface area (Å²) in [5, 5.41) is 7.49. The molecule has 1 aliphatic rings. The fraction of sp³-hybridized carbons (Fsp3) is 0.360. The number of carbonyl (C=O) groups excluding carboxylic acids is 1. The summed E-state index contributed by atoms with van der Waals surface area (Å²) in [6.45, 7) is 7.00. The average Bonchev–Trinajstić information content (AvgIpc) is 3.25. The first-order valence-electron chi connectivity index (χ1n) is 10.8. The van der Waals surface area contributed by atoms with Crippen molar-refractivity contribution in [2.75, 3.05) is 6.54 Å². The second-order valence-electron chi connectivity index (χ2n) is 8.61. The average molecular weight is 422 g/mol. The minimum atomic E-state index is -0.292. The fourth-order valence-corrected chi connectivity index (χ4v) is 4.20. The van der Waals surface area contributed by atoms with Crippen molar-refractivity contribution in [3.05, 3.63) is 77.7 Å². The van der Waals surface area contributed by atoms with E-state index >= 15 is 0 Å². The largest absolute Gasteiger partial charge is 0.356 e. The summed E-state index contributed by atoms with van der Waals surface area (Å²) in [5.74, 6) is 0.719. The first-order valence-corrected chi connectivity index (χ1v) is 10.8. The number of nitrogens with one attached hydrogen (secondary N) is 1. The van der Waals surface area contributed by atoms with Crippen molar-refractivity contribution >= 4 is 5.91 Å². The third-order valence-corrected chi connectivity index (χ3v) is 5.89. The maximum absolute atomic E-state index is 13.2. The van der Waals surface area contributed by atoms with Crippen molar-refractivity contribution in [1.29, 1.82) is 0 Å². The van der Waals surface area contributed by atoms with E-state index in [1.54, 1.807) is 12.1 Å². The summed E-state index contributed by atoms with van der Waals surface area (Å²) in [7, 11) is 0. The molecule has 31 heavy (non-hydrogen) atoms. The molecule has 1 amide bonds. The van der Waals surface area contributed by atoms with Gasteiger partial charge in [0.25, 0.3) is 0 Å². The van der Waals surface area contributed by atoms with Gasteiger partial charge in [-0.05, 0) is 49.1 Å². The molecular weight excluding hydrogens is 393 g/mol. The van der Waals surface area contributed by atoms with Crippen LogP contribution in [0.1, 0.15) is 50.5 Å². The number of aromatic nitrogens is 1. The van der Waals surface area contributed by atoms with Crippen LogP contribution in [-0.2, 0) is 4.79 Å². The van der Waals surface area contributed by atoms with Crippen molar-refractivity contribution in [2.24, 2.45) is 5.92 Å². The fourth-order valence-electron chi connectivity index (χ4n) is 4.20. The smallest absolute Gasteiger partial charge is 0.237 e. The molecule has 6 heteroatoms. The highest BCUT2D eigenvalue weighted by Crippen LogP contribution is 2.33. The van der Waals surface area contributed by atoms with Crippen LogP contribution in [-0.4, -0.2) is 28.6 Å². The summed E-state index contributed by atoms with van der Waals surface area (Å²) in [6, 6.07) is 17.6. The molecule has 4 rings (SSSR count). The number of hydrogen-bond acceptors (Lipinski definition) is 4. The Balaban J connectivity index is 1.61. The lowest BCUT2D eigenvalue weighted by molar-refractivity contribution is -0.133. The van der Waals surface area contributed by atoms with E-state index < -0.39 is 0 Å². The van der Waals surface area contributed by atoms with E-state index in [2.05, 4.69) is 36.1 Å². The highest BCUT2D eigenvalue weighted by atomic mass is 19.1. The number of amides is 1. The van der Waals surface area contributed by atoms with Gasteiger partial charge in [-0.15, -0.1) is 0 Å². The van der Waals surface area contributed by atoms with E-state index in [0.29, 0.717) is 18.2 Å². The van der Waals surface area contributed by atoms with Gasteiger partial charge in [0.05, 0.1) is 18.1 Å². The predicted octanol–water partition coefficient (Wildman–Crippen LogP) is 5.13. The molecular formula is C25H28FN3O2.